The first-order valence-electron chi connectivity index (χ1n) is 3.42. The number of halogens is 1. The van der Waals surface area contributed by atoms with Gasteiger partial charge in [0.1, 0.15) is 5.69 Å². The number of anilines is 1. The third kappa shape index (κ3) is 2.39. The van der Waals surface area contributed by atoms with Gasteiger partial charge in [-0.2, -0.15) is 0 Å². The Labute approximate surface area is 82.4 Å². The van der Waals surface area contributed by atoms with Crippen molar-refractivity contribution in [3.05, 3.63) is 11.1 Å². The van der Waals surface area contributed by atoms with Crippen molar-refractivity contribution < 1.29 is 14.0 Å². The van der Waals surface area contributed by atoms with Gasteiger partial charge in [-0.25, -0.2) is 9.37 Å². The van der Waals surface area contributed by atoms with Crippen molar-refractivity contribution in [1.29, 1.82) is 0 Å². The summed E-state index contributed by atoms with van der Waals surface area (Å²) >= 11 is 1.11. The van der Waals surface area contributed by atoms with Crippen LogP contribution in [0.15, 0.2) is 10.5 Å². The van der Waals surface area contributed by atoms with Crippen molar-refractivity contribution in [3.8, 4) is 0 Å². The second-order valence-electron chi connectivity index (χ2n) is 2.11. The van der Waals surface area contributed by atoms with E-state index in [0.717, 1.165) is 11.3 Å². The average molecular weight is 218 g/mol. The van der Waals surface area contributed by atoms with Crippen molar-refractivity contribution in [2.75, 3.05) is 12.6 Å². The minimum absolute atomic E-state index is 0.174. The number of alkyl halides is 1. The second kappa shape index (κ2) is 4.51. The first-order valence-corrected chi connectivity index (χ1v) is 4.30. The fourth-order valence-corrected chi connectivity index (χ4v) is 1.25. The highest BCUT2D eigenvalue weighted by atomic mass is 32.1. The van der Waals surface area contributed by atoms with Crippen LogP contribution >= 0.6 is 11.3 Å². The van der Waals surface area contributed by atoms with Gasteiger partial charge in [0.25, 0.3) is 12.8 Å². The summed E-state index contributed by atoms with van der Waals surface area (Å²) < 4.78 is 11.6. The molecule has 0 spiro atoms. The van der Waals surface area contributed by atoms with Crippen LogP contribution in [0, 0.1) is 0 Å². The Bertz CT molecular complexity index is 364. The number of thiazole rings is 1. The molecular weight excluding hydrogens is 211 g/mol. The maximum Gasteiger partial charge on any atom is 0.273 e. The first-order chi connectivity index (χ1) is 6.65. The summed E-state index contributed by atoms with van der Waals surface area (Å²) in [5, 5.41) is 4.91. The Kier molecular flexibility index (Phi) is 3.35. The summed E-state index contributed by atoms with van der Waals surface area (Å²) in [5.41, 5.74) is 10.2. The lowest BCUT2D eigenvalue weighted by atomic mass is 10.3. The molecule has 0 radical (unpaired) electrons. The number of carbonyl (C=O) groups excluding carboxylic acids is 1. The highest BCUT2D eigenvalue weighted by molar-refractivity contribution is 7.13. The average Bonchev–Trinajstić information content (AvgIpc) is 2.52. The standard InChI is InChI=1S/C6H7FN4O2S/c7-2-13-11-4(5(8)12)3-1-14-6(9)10-3/h1H,2H2,(H2,8,12)(H2,9,10)/b11-4+. The van der Waals surface area contributed by atoms with E-state index in [2.05, 4.69) is 15.0 Å². The van der Waals surface area contributed by atoms with E-state index in [1.165, 1.54) is 5.38 Å². The summed E-state index contributed by atoms with van der Waals surface area (Å²) in [6, 6.07) is 0. The van der Waals surface area contributed by atoms with Gasteiger partial charge in [-0.15, -0.1) is 11.3 Å². The number of carbonyl (C=O) groups is 1. The predicted molar refractivity (Wildman–Crippen MR) is 49.3 cm³/mol. The monoisotopic (exact) mass is 218 g/mol. The third-order valence-corrected chi connectivity index (χ3v) is 1.88. The number of rotatable bonds is 4. The SMILES string of the molecule is NC(=O)/C(=N/OCF)c1csc(N)n1. The molecule has 0 saturated carbocycles. The Morgan fingerprint density at radius 2 is 2.50 bits per heavy atom. The van der Waals surface area contributed by atoms with E-state index in [1.807, 2.05) is 0 Å². The largest absolute Gasteiger partial charge is 0.375 e. The third-order valence-electron chi connectivity index (χ3n) is 1.20. The molecule has 1 heterocycles. The van der Waals surface area contributed by atoms with Crippen molar-refractivity contribution in [1.82, 2.24) is 4.98 Å². The fourth-order valence-electron chi connectivity index (χ4n) is 0.703. The Balaban J connectivity index is 2.94. The summed E-state index contributed by atoms with van der Waals surface area (Å²) in [5.74, 6) is -0.858. The molecule has 1 aromatic rings. The molecule has 0 aliphatic heterocycles. The van der Waals surface area contributed by atoms with Crippen molar-refractivity contribution in [3.63, 3.8) is 0 Å². The van der Waals surface area contributed by atoms with Gasteiger partial charge < -0.3 is 16.3 Å². The molecule has 76 valence electrons. The minimum atomic E-state index is -1.14. The zero-order valence-corrected chi connectivity index (χ0v) is 7.75. The fraction of sp³-hybridized carbons (Fsp3) is 0.167. The minimum Gasteiger partial charge on any atom is -0.375 e. The van der Waals surface area contributed by atoms with Crippen LogP contribution in [0.1, 0.15) is 5.69 Å². The number of nitrogens with two attached hydrogens (primary N) is 2. The van der Waals surface area contributed by atoms with E-state index in [4.69, 9.17) is 11.5 Å². The van der Waals surface area contributed by atoms with E-state index in [0.29, 0.717) is 0 Å². The molecule has 0 unspecified atom stereocenters. The molecule has 0 bridgehead atoms. The van der Waals surface area contributed by atoms with E-state index in [-0.39, 0.29) is 16.5 Å². The number of oxime groups is 1. The molecule has 6 nitrogen and oxygen atoms in total. The topological polar surface area (TPSA) is 104 Å². The summed E-state index contributed by atoms with van der Waals surface area (Å²) in [6.45, 7) is -1.14. The van der Waals surface area contributed by atoms with Gasteiger partial charge >= 0.3 is 0 Å². The van der Waals surface area contributed by atoms with Gasteiger partial charge in [0.2, 0.25) is 0 Å². The lowest BCUT2D eigenvalue weighted by Gasteiger charge is -1.96. The number of nitrogens with zero attached hydrogens (tertiary/aromatic N) is 2. The van der Waals surface area contributed by atoms with Crippen molar-refractivity contribution in [2.45, 2.75) is 0 Å². The number of hydrogen-bond acceptors (Lipinski definition) is 6. The van der Waals surface area contributed by atoms with E-state index >= 15 is 0 Å². The van der Waals surface area contributed by atoms with E-state index in [1.54, 1.807) is 0 Å². The quantitative estimate of drug-likeness (QED) is 0.542. The van der Waals surface area contributed by atoms with Crippen LogP contribution < -0.4 is 11.5 Å². The Hall–Kier alpha value is -1.70. The lowest BCUT2D eigenvalue weighted by Crippen LogP contribution is -2.25. The van der Waals surface area contributed by atoms with Crippen LogP contribution in [0.3, 0.4) is 0 Å². The zero-order valence-electron chi connectivity index (χ0n) is 6.94. The summed E-state index contributed by atoms with van der Waals surface area (Å²) in [4.78, 5) is 18.6. The molecule has 4 N–H and O–H groups in total. The van der Waals surface area contributed by atoms with Crippen LogP contribution in [0.25, 0.3) is 0 Å². The number of amides is 1. The number of primary amides is 1. The van der Waals surface area contributed by atoms with Crippen molar-refractivity contribution in [2.24, 2.45) is 10.9 Å². The van der Waals surface area contributed by atoms with E-state index in [9.17, 15) is 9.18 Å². The van der Waals surface area contributed by atoms with Gasteiger partial charge in [-0.3, -0.25) is 4.79 Å². The Morgan fingerprint density at radius 1 is 1.79 bits per heavy atom. The molecular formula is C6H7FN4O2S. The smallest absolute Gasteiger partial charge is 0.273 e. The molecule has 8 heteroatoms. The van der Waals surface area contributed by atoms with E-state index < -0.39 is 12.8 Å². The molecule has 0 aliphatic rings. The molecule has 0 aromatic carbocycles. The number of aromatic nitrogens is 1. The Morgan fingerprint density at radius 3 is 2.93 bits per heavy atom. The second-order valence-corrected chi connectivity index (χ2v) is 3.00. The highest BCUT2D eigenvalue weighted by Gasteiger charge is 2.14. The van der Waals surface area contributed by atoms with Crippen molar-refractivity contribution >= 4 is 28.1 Å². The van der Waals surface area contributed by atoms with Crippen LogP contribution in [0.4, 0.5) is 9.52 Å². The molecule has 0 atom stereocenters. The first kappa shape index (κ1) is 10.4. The van der Waals surface area contributed by atoms with Crippen LogP contribution in [-0.4, -0.2) is 23.5 Å². The van der Waals surface area contributed by atoms with Gasteiger partial charge in [0.15, 0.2) is 10.8 Å². The van der Waals surface area contributed by atoms with Gasteiger partial charge in [0.05, 0.1) is 0 Å². The maximum absolute atomic E-state index is 11.6. The number of nitrogen functional groups attached to an aromatic ring is 1. The lowest BCUT2D eigenvalue weighted by molar-refractivity contribution is -0.112. The summed E-state index contributed by atoms with van der Waals surface area (Å²) in [6.07, 6.45) is 0. The molecule has 0 fully saturated rings. The predicted octanol–water partition coefficient (Wildman–Crippen LogP) is -0.142. The maximum atomic E-state index is 11.6. The summed E-state index contributed by atoms with van der Waals surface area (Å²) in [7, 11) is 0. The molecule has 14 heavy (non-hydrogen) atoms. The van der Waals surface area contributed by atoms with Crippen LogP contribution in [-0.2, 0) is 9.63 Å². The van der Waals surface area contributed by atoms with Gasteiger partial charge in [-0.1, -0.05) is 5.16 Å². The van der Waals surface area contributed by atoms with Gasteiger partial charge in [0, 0.05) is 5.38 Å². The van der Waals surface area contributed by atoms with Gasteiger partial charge in [-0.05, 0) is 0 Å². The normalized spacial score (nSPS) is 11.4. The zero-order chi connectivity index (χ0) is 10.6. The number of hydrogen-bond donors (Lipinski definition) is 2. The highest BCUT2D eigenvalue weighted by Crippen LogP contribution is 2.11. The molecule has 0 saturated heterocycles. The van der Waals surface area contributed by atoms with Crippen LogP contribution in [0.5, 0.6) is 0 Å². The molecule has 1 rings (SSSR count). The van der Waals surface area contributed by atoms with Crippen LogP contribution in [0.2, 0.25) is 0 Å². The molecule has 1 aromatic heterocycles. The molecule has 0 aliphatic carbocycles. The molecule has 1 amide bonds.